The van der Waals surface area contributed by atoms with Crippen LogP contribution in [0.1, 0.15) is 11.1 Å². The van der Waals surface area contributed by atoms with Gasteiger partial charge in [-0.25, -0.2) is 0 Å². The third-order valence-corrected chi connectivity index (χ3v) is 2.80. The smallest absolute Gasteiger partial charge is 0.121 e. The lowest BCUT2D eigenvalue weighted by atomic mass is 10.1. The van der Waals surface area contributed by atoms with Crippen LogP contribution in [0.25, 0.3) is 0 Å². The van der Waals surface area contributed by atoms with Gasteiger partial charge >= 0.3 is 0 Å². The molecule has 0 spiro atoms. The van der Waals surface area contributed by atoms with Gasteiger partial charge in [0.2, 0.25) is 0 Å². The minimum atomic E-state index is 0.531. The topological polar surface area (TPSA) is 35.2 Å². The first-order valence-electron chi connectivity index (χ1n) is 5.38. The van der Waals surface area contributed by atoms with E-state index in [1.165, 1.54) is 5.56 Å². The molecule has 0 fully saturated rings. The second kappa shape index (κ2) is 5.11. The Labute approximate surface area is 106 Å². The van der Waals surface area contributed by atoms with Crippen LogP contribution in [-0.2, 0) is 6.61 Å². The number of nitrogen functional groups attached to an aromatic ring is 1. The summed E-state index contributed by atoms with van der Waals surface area (Å²) in [7, 11) is 0. The Morgan fingerprint density at radius 1 is 1.18 bits per heavy atom. The Balaban J connectivity index is 2.05. The van der Waals surface area contributed by atoms with Crippen LogP contribution >= 0.6 is 11.6 Å². The standard InChI is InChI=1S/C14H14ClNO/c1-10-3-2-4-11(7-10)9-17-12-5-6-13(15)14(16)8-12/h2-8H,9,16H2,1H3. The first kappa shape index (κ1) is 11.8. The van der Waals surface area contributed by atoms with Gasteiger partial charge in [-0.1, -0.05) is 41.4 Å². The summed E-state index contributed by atoms with van der Waals surface area (Å²) in [6, 6.07) is 13.5. The Bertz CT molecular complexity index is 525. The molecule has 0 aliphatic carbocycles. The maximum atomic E-state index is 5.84. The average Bonchev–Trinajstić information content (AvgIpc) is 2.31. The van der Waals surface area contributed by atoms with Gasteiger partial charge in [0, 0.05) is 6.07 Å². The largest absolute Gasteiger partial charge is 0.489 e. The number of ether oxygens (including phenoxy) is 1. The maximum absolute atomic E-state index is 5.84. The third kappa shape index (κ3) is 3.14. The van der Waals surface area contributed by atoms with Gasteiger partial charge in [-0.2, -0.15) is 0 Å². The number of benzene rings is 2. The highest BCUT2D eigenvalue weighted by atomic mass is 35.5. The lowest BCUT2D eigenvalue weighted by Crippen LogP contribution is -1.96. The zero-order valence-electron chi connectivity index (χ0n) is 9.61. The van der Waals surface area contributed by atoms with E-state index in [0.717, 1.165) is 11.3 Å². The molecule has 0 saturated carbocycles. The van der Waals surface area contributed by atoms with E-state index in [1.54, 1.807) is 12.1 Å². The van der Waals surface area contributed by atoms with E-state index in [9.17, 15) is 0 Å². The van der Waals surface area contributed by atoms with Crippen LogP contribution in [0.4, 0.5) is 5.69 Å². The third-order valence-electron chi connectivity index (χ3n) is 2.46. The fourth-order valence-electron chi connectivity index (χ4n) is 1.58. The number of aryl methyl sites for hydroxylation is 1. The van der Waals surface area contributed by atoms with Crippen LogP contribution < -0.4 is 10.5 Å². The van der Waals surface area contributed by atoms with E-state index < -0.39 is 0 Å². The van der Waals surface area contributed by atoms with E-state index in [-0.39, 0.29) is 0 Å². The molecule has 0 aromatic heterocycles. The molecule has 2 aromatic rings. The average molecular weight is 248 g/mol. The predicted molar refractivity (Wildman–Crippen MR) is 71.4 cm³/mol. The number of hydrogen-bond donors (Lipinski definition) is 1. The van der Waals surface area contributed by atoms with E-state index in [0.29, 0.717) is 17.3 Å². The number of nitrogens with two attached hydrogens (primary N) is 1. The Morgan fingerprint density at radius 3 is 2.71 bits per heavy atom. The fourth-order valence-corrected chi connectivity index (χ4v) is 1.70. The lowest BCUT2D eigenvalue weighted by Gasteiger charge is -2.08. The van der Waals surface area contributed by atoms with Crippen molar-refractivity contribution < 1.29 is 4.74 Å². The summed E-state index contributed by atoms with van der Waals surface area (Å²) in [4.78, 5) is 0. The molecular weight excluding hydrogens is 234 g/mol. The summed E-state index contributed by atoms with van der Waals surface area (Å²) in [6.45, 7) is 2.59. The van der Waals surface area contributed by atoms with Crippen molar-refractivity contribution in [2.75, 3.05) is 5.73 Å². The van der Waals surface area contributed by atoms with Crippen molar-refractivity contribution in [3.8, 4) is 5.75 Å². The van der Waals surface area contributed by atoms with Crippen LogP contribution in [0.2, 0.25) is 5.02 Å². The summed E-state index contributed by atoms with van der Waals surface area (Å²) in [5.41, 5.74) is 8.60. The second-order valence-electron chi connectivity index (χ2n) is 3.96. The van der Waals surface area contributed by atoms with Crippen molar-refractivity contribution in [3.63, 3.8) is 0 Å². The van der Waals surface area contributed by atoms with Crippen molar-refractivity contribution in [3.05, 3.63) is 58.6 Å². The maximum Gasteiger partial charge on any atom is 0.121 e. The van der Waals surface area contributed by atoms with Gasteiger partial charge in [0.25, 0.3) is 0 Å². The molecule has 2 aromatic carbocycles. The normalized spacial score (nSPS) is 10.2. The lowest BCUT2D eigenvalue weighted by molar-refractivity contribution is 0.306. The van der Waals surface area contributed by atoms with Gasteiger partial charge in [-0.05, 0) is 24.6 Å². The van der Waals surface area contributed by atoms with Crippen LogP contribution in [0.3, 0.4) is 0 Å². The minimum absolute atomic E-state index is 0.531. The predicted octanol–water partition coefficient (Wildman–Crippen LogP) is 3.81. The molecule has 2 N–H and O–H groups in total. The zero-order chi connectivity index (χ0) is 12.3. The van der Waals surface area contributed by atoms with Crippen LogP contribution in [-0.4, -0.2) is 0 Å². The first-order valence-corrected chi connectivity index (χ1v) is 5.76. The fraction of sp³-hybridized carbons (Fsp3) is 0.143. The molecule has 0 unspecified atom stereocenters. The summed E-state index contributed by atoms with van der Waals surface area (Å²) >= 11 is 5.84. The number of anilines is 1. The van der Waals surface area contributed by atoms with Crippen molar-refractivity contribution in [1.82, 2.24) is 0 Å². The van der Waals surface area contributed by atoms with Gasteiger partial charge in [-0.15, -0.1) is 0 Å². The molecule has 0 bridgehead atoms. The highest BCUT2D eigenvalue weighted by Gasteiger charge is 2.00. The van der Waals surface area contributed by atoms with E-state index >= 15 is 0 Å². The van der Waals surface area contributed by atoms with Gasteiger partial charge in [0.05, 0.1) is 10.7 Å². The van der Waals surface area contributed by atoms with E-state index in [4.69, 9.17) is 22.1 Å². The van der Waals surface area contributed by atoms with Gasteiger partial charge in [0.1, 0.15) is 12.4 Å². The minimum Gasteiger partial charge on any atom is -0.489 e. The van der Waals surface area contributed by atoms with Crippen molar-refractivity contribution in [2.24, 2.45) is 0 Å². The number of halogens is 1. The SMILES string of the molecule is Cc1cccc(COc2ccc(Cl)c(N)c2)c1. The first-order chi connectivity index (χ1) is 8.15. The molecule has 2 rings (SSSR count). The highest BCUT2D eigenvalue weighted by Crippen LogP contribution is 2.24. The monoisotopic (exact) mass is 247 g/mol. The summed E-state index contributed by atoms with van der Waals surface area (Å²) in [5, 5.41) is 0.549. The molecule has 0 amide bonds. The van der Waals surface area contributed by atoms with Crippen molar-refractivity contribution >= 4 is 17.3 Å². The molecule has 2 nitrogen and oxygen atoms in total. The molecule has 0 aliphatic heterocycles. The quantitative estimate of drug-likeness (QED) is 0.837. The molecule has 88 valence electrons. The number of rotatable bonds is 3. The second-order valence-corrected chi connectivity index (χ2v) is 4.37. The molecule has 0 heterocycles. The molecule has 3 heteroatoms. The van der Waals surface area contributed by atoms with Crippen LogP contribution in [0.5, 0.6) is 5.75 Å². The van der Waals surface area contributed by atoms with E-state index in [1.807, 2.05) is 18.2 Å². The van der Waals surface area contributed by atoms with Crippen molar-refractivity contribution in [1.29, 1.82) is 0 Å². The zero-order valence-corrected chi connectivity index (χ0v) is 10.4. The summed E-state index contributed by atoms with van der Waals surface area (Å²) < 4.78 is 5.64. The molecule has 0 atom stereocenters. The number of hydrogen-bond acceptors (Lipinski definition) is 2. The molecule has 0 saturated heterocycles. The summed E-state index contributed by atoms with van der Waals surface area (Å²) in [5.74, 6) is 0.730. The van der Waals surface area contributed by atoms with Gasteiger partial charge < -0.3 is 10.5 Å². The molecular formula is C14H14ClNO. The highest BCUT2D eigenvalue weighted by molar-refractivity contribution is 6.33. The van der Waals surface area contributed by atoms with Gasteiger partial charge in [-0.3, -0.25) is 0 Å². The Morgan fingerprint density at radius 2 is 2.00 bits per heavy atom. The van der Waals surface area contributed by atoms with Crippen LogP contribution in [0, 0.1) is 6.92 Å². The molecule has 0 radical (unpaired) electrons. The van der Waals surface area contributed by atoms with E-state index in [2.05, 4.69) is 19.1 Å². The Hall–Kier alpha value is -1.67. The molecule has 0 aliphatic rings. The summed E-state index contributed by atoms with van der Waals surface area (Å²) in [6.07, 6.45) is 0. The van der Waals surface area contributed by atoms with Crippen LogP contribution in [0.15, 0.2) is 42.5 Å². The van der Waals surface area contributed by atoms with Crippen molar-refractivity contribution in [2.45, 2.75) is 13.5 Å². The Kier molecular flexibility index (Phi) is 3.55. The molecule has 17 heavy (non-hydrogen) atoms. The van der Waals surface area contributed by atoms with Gasteiger partial charge in [0.15, 0.2) is 0 Å².